The Labute approximate surface area is 201 Å². The van der Waals surface area contributed by atoms with Crippen molar-refractivity contribution in [2.24, 2.45) is 0 Å². The van der Waals surface area contributed by atoms with Gasteiger partial charge in [0, 0.05) is 24.8 Å². The van der Waals surface area contributed by atoms with E-state index in [0.717, 1.165) is 23.3 Å². The first-order chi connectivity index (χ1) is 16.3. The van der Waals surface area contributed by atoms with Crippen molar-refractivity contribution in [3.8, 4) is 11.5 Å². The lowest BCUT2D eigenvalue weighted by Crippen LogP contribution is -2.27. The standard InChI is InChI=1S/C26H30N2O5S/c1-5-15-33-22-12-13-23(19(2)16-22)27-26(29)21-11-14-24(32-4)25(17-21)34(30,31)28(3)18-20-9-7-6-8-10-20/h6-14,16-17H,5,15,18H2,1-4H3,(H,27,29). The molecular formula is C26H30N2O5S. The van der Waals surface area contributed by atoms with Crippen LogP contribution in [0, 0.1) is 6.92 Å². The molecule has 180 valence electrons. The third-order valence-electron chi connectivity index (χ3n) is 5.28. The molecule has 0 aliphatic rings. The fourth-order valence-electron chi connectivity index (χ4n) is 3.39. The second-order valence-electron chi connectivity index (χ2n) is 7.89. The third kappa shape index (κ3) is 5.95. The van der Waals surface area contributed by atoms with Gasteiger partial charge in [-0.1, -0.05) is 37.3 Å². The van der Waals surface area contributed by atoms with Crippen LogP contribution in [0.2, 0.25) is 0 Å². The molecule has 0 saturated carbocycles. The van der Waals surface area contributed by atoms with Gasteiger partial charge >= 0.3 is 0 Å². The quantitative estimate of drug-likeness (QED) is 0.446. The normalized spacial score (nSPS) is 11.3. The molecule has 8 heteroatoms. The molecule has 34 heavy (non-hydrogen) atoms. The summed E-state index contributed by atoms with van der Waals surface area (Å²) >= 11 is 0. The first-order valence-corrected chi connectivity index (χ1v) is 12.4. The van der Waals surface area contributed by atoms with Gasteiger partial charge in [-0.25, -0.2) is 8.42 Å². The van der Waals surface area contributed by atoms with E-state index in [0.29, 0.717) is 12.3 Å². The summed E-state index contributed by atoms with van der Waals surface area (Å²) in [6, 6.07) is 19.1. The predicted octanol–water partition coefficient (Wildman–Crippen LogP) is 4.87. The summed E-state index contributed by atoms with van der Waals surface area (Å²) in [6.45, 7) is 4.71. The van der Waals surface area contributed by atoms with Crippen LogP contribution < -0.4 is 14.8 Å². The molecule has 0 aliphatic heterocycles. The Morgan fingerprint density at radius 3 is 2.41 bits per heavy atom. The van der Waals surface area contributed by atoms with Crippen LogP contribution in [0.3, 0.4) is 0 Å². The number of carbonyl (C=O) groups excluding carboxylic acids is 1. The molecule has 3 aromatic carbocycles. The van der Waals surface area contributed by atoms with Gasteiger partial charge in [-0.2, -0.15) is 4.31 Å². The Bertz CT molecular complexity index is 1240. The van der Waals surface area contributed by atoms with Gasteiger partial charge in [0.2, 0.25) is 10.0 Å². The topological polar surface area (TPSA) is 84.9 Å². The Morgan fingerprint density at radius 2 is 1.76 bits per heavy atom. The van der Waals surface area contributed by atoms with E-state index in [2.05, 4.69) is 5.32 Å². The fraction of sp³-hybridized carbons (Fsp3) is 0.269. The molecule has 0 radical (unpaired) electrons. The molecular weight excluding hydrogens is 452 g/mol. The van der Waals surface area contributed by atoms with Crippen LogP contribution in [-0.4, -0.2) is 39.4 Å². The number of carbonyl (C=O) groups is 1. The number of hydrogen-bond acceptors (Lipinski definition) is 5. The molecule has 0 spiro atoms. The zero-order valence-electron chi connectivity index (χ0n) is 19.9. The van der Waals surface area contributed by atoms with Gasteiger partial charge in [0.1, 0.15) is 16.4 Å². The van der Waals surface area contributed by atoms with E-state index >= 15 is 0 Å². The van der Waals surface area contributed by atoms with Crippen molar-refractivity contribution < 1.29 is 22.7 Å². The lowest BCUT2D eigenvalue weighted by atomic mass is 10.1. The van der Waals surface area contributed by atoms with Crippen molar-refractivity contribution in [2.75, 3.05) is 26.1 Å². The maximum atomic E-state index is 13.3. The zero-order valence-corrected chi connectivity index (χ0v) is 20.7. The Kier molecular flexibility index (Phi) is 8.31. The number of hydrogen-bond donors (Lipinski definition) is 1. The van der Waals surface area contributed by atoms with Gasteiger partial charge in [-0.3, -0.25) is 4.79 Å². The van der Waals surface area contributed by atoms with Crippen molar-refractivity contribution in [2.45, 2.75) is 31.7 Å². The second kappa shape index (κ2) is 11.2. The minimum Gasteiger partial charge on any atom is -0.495 e. The molecule has 0 unspecified atom stereocenters. The van der Waals surface area contributed by atoms with Crippen LogP contribution in [-0.2, 0) is 16.6 Å². The van der Waals surface area contributed by atoms with E-state index in [-0.39, 0.29) is 22.8 Å². The zero-order chi connectivity index (χ0) is 24.7. The Balaban J connectivity index is 1.85. The first kappa shape index (κ1) is 25.3. The van der Waals surface area contributed by atoms with Crippen LogP contribution in [0.15, 0.2) is 71.6 Å². The van der Waals surface area contributed by atoms with Crippen molar-refractivity contribution in [3.05, 3.63) is 83.4 Å². The van der Waals surface area contributed by atoms with E-state index in [1.54, 1.807) is 18.2 Å². The minimum absolute atomic E-state index is 0.0684. The highest BCUT2D eigenvalue weighted by atomic mass is 32.2. The Hall–Kier alpha value is -3.36. The van der Waals surface area contributed by atoms with E-state index < -0.39 is 15.9 Å². The average molecular weight is 483 g/mol. The average Bonchev–Trinajstić information content (AvgIpc) is 2.84. The molecule has 3 aromatic rings. The van der Waals surface area contributed by atoms with E-state index in [1.807, 2.05) is 50.2 Å². The molecule has 0 heterocycles. The molecule has 3 rings (SSSR count). The van der Waals surface area contributed by atoms with Crippen LogP contribution in [0.5, 0.6) is 11.5 Å². The molecule has 7 nitrogen and oxygen atoms in total. The first-order valence-electron chi connectivity index (χ1n) is 11.0. The molecule has 0 bridgehead atoms. The highest BCUT2D eigenvalue weighted by molar-refractivity contribution is 7.89. The van der Waals surface area contributed by atoms with Crippen molar-refractivity contribution in [3.63, 3.8) is 0 Å². The van der Waals surface area contributed by atoms with Gasteiger partial charge in [-0.15, -0.1) is 0 Å². The number of anilines is 1. The number of nitrogens with one attached hydrogen (secondary N) is 1. The van der Waals surface area contributed by atoms with Crippen molar-refractivity contribution in [1.29, 1.82) is 0 Å². The van der Waals surface area contributed by atoms with Gasteiger partial charge in [0.05, 0.1) is 13.7 Å². The highest BCUT2D eigenvalue weighted by Gasteiger charge is 2.26. The largest absolute Gasteiger partial charge is 0.495 e. The predicted molar refractivity (Wildman–Crippen MR) is 133 cm³/mol. The van der Waals surface area contributed by atoms with Gasteiger partial charge in [-0.05, 0) is 60.9 Å². The number of benzene rings is 3. The molecule has 0 aromatic heterocycles. The SMILES string of the molecule is CCCOc1ccc(NC(=O)c2ccc(OC)c(S(=O)(=O)N(C)Cc3ccccc3)c2)c(C)c1. The van der Waals surface area contributed by atoms with Crippen LogP contribution in [0.1, 0.15) is 34.8 Å². The summed E-state index contributed by atoms with van der Waals surface area (Å²) in [5, 5.41) is 2.85. The highest BCUT2D eigenvalue weighted by Crippen LogP contribution is 2.29. The maximum Gasteiger partial charge on any atom is 0.255 e. The van der Waals surface area contributed by atoms with E-state index in [1.165, 1.54) is 30.6 Å². The van der Waals surface area contributed by atoms with E-state index in [9.17, 15) is 13.2 Å². The number of sulfonamides is 1. The maximum absolute atomic E-state index is 13.3. The van der Waals surface area contributed by atoms with Crippen LogP contribution in [0.25, 0.3) is 0 Å². The summed E-state index contributed by atoms with van der Waals surface area (Å²) in [5.74, 6) is 0.483. The summed E-state index contributed by atoms with van der Waals surface area (Å²) in [5.41, 5.74) is 2.52. The summed E-state index contributed by atoms with van der Waals surface area (Å²) in [7, 11) is -1.02. The number of methoxy groups -OCH3 is 1. The number of aryl methyl sites for hydroxylation is 1. The summed E-state index contributed by atoms with van der Waals surface area (Å²) in [6.07, 6.45) is 0.904. The lowest BCUT2D eigenvalue weighted by molar-refractivity contribution is 0.102. The van der Waals surface area contributed by atoms with Gasteiger partial charge < -0.3 is 14.8 Å². The smallest absolute Gasteiger partial charge is 0.255 e. The lowest BCUT2D eigenvalue weighted by Gasteiger charge is -2.19. The molecule has 0 atom stereocenters. The monoisotopic (exact) mass is 482 g/mol. The fourth-order valence-corrected chi connectivity index (χ4v) is 4.73. The minimum atomic E-state index is -3.92. The molecule has 0 aliphatic carbocycles. The summed E-state index contributed by atoms with van der Waals surface area (Å²) < 4.78 is 38.8. The molecule has 1 N–H and O–H groups in total. The van der Waals surface area contributed by atoms with Gasteiger partial charge in [0.25, 0.3) is 5.91 Å². The van der Waals surface area contributed by atoms with E-state index in [4.69, 9.17) is 9.47 Å². The number of nitrogens with zero attached hydrogens (tertiary/aromatic N) is 1. The van der Waals surface area contributed by atoms with Crippen molar-refractivity contribution >= 4 is 21.6 Å². The number of amides is 1. The third-order valence-corrected chi connectivity index (χ3v) is 7.11. The van der Waals surface area contributed by atoms with Crippen molar-refractivity contribution in [1.82, 2.24) is 4.31 Å². The Morgan fingerprint density at radius 1 is 1.03 bits per heavy atom. The van der Waals surface area contributed by atoms with Crippen LogP contribution in [0.4, 0.5) is 5.69 Å². The molecule has 0 fully saturated rings. The summed E-state index contributed by atoms with van der Waals surface area (Å²) in [4.78, 5) is 12.9. The number of ether oxygens (including phenoxy) is 2. The number of rotatable bonds is 10. The van der Waals surface area contributed by atoms with Gasteiger partial charge in [0.15, 0.2) is 0 Å². The molecule has 0 saturated heterocycles. The second-order valence-corrected chi connectivity index (χ2v) is 9.90. The van der Waals surface area contributed by atoms with Crippen LogP contribution >= 0.6 is 0 Å². The molecule has 1 amide bonds.